The van der Waals surface area contributed by atoms with Gasteiger partial charge in [0.2, 0.25) is 0 Å². The van der Waals surface area contributed by atoms with Gasteiger partial charge in [0, 0.05) is 5.69 Å². The Kier molecular flexibility index (Phi) is 3.90. The molecule has 0 saturated carbocycles. The number of para-hydroxylation sites is 1. The van der Waals surface area contributed by atoms with Gasteiger partial charge in [-0.25, -0.2) is 4.98 Å². The predicted molar refractivity (Wildman–Crippen MR) is 95.7 cm³/mol. The van der Waals surface area contributed by atoms with E-state index < -0.39 is 0 Å². The second-order valence-corrected chi connectivity index (χ2v) is 7.38. The Morgan fingerprint density at radius 1 is 1.08 bits per heavy atom. The molecule has 25 heavy (non-hydrogen) atoms. The first-order chi connectivity index (χ1) is 12.0. The van der Waals surface area contributed by atoms with Crippen molar-refractivity contribution >= 4 is 0 Å². The highest BCUT2D eigenvalue weighted by Gasteiger charge is 2.26. The molecule has 0 spiro atoms. The van der Waals surface area contributed by atoms with Crippen LogP contribution in [0.1, 0.15) is 42.2 Å². The second kappa shape index (κ2) is 6.10. The third-order valence-corrected chi connectivity index (χ3v) is 5.53. The fourth-order valence-corrected chi connectivity index (χ4v) is 3.77. The molecule has 2 atom stereocenters. The van der Waals surface area contributed by atoms with E-state index in [0.29, 0.717) is 18.4 Å². The third-order valence-electron chi connectivity index (χ3n) is 5.53. The molecule has 3 aromatic rings. The smallest absolute Gasteiger partial charge is 0.176 e. The van der Waals surface area contributed by atoms with Crippen LogP contribution < -0.4 is 0 Å². The molecule has 0 radical (unpaired) electrons. The average Bonchev–Trinajstić information content (AvgIpc) is 3.17. The maximum absolute atomic E-state index is 4.64. The molecular weight excluding hydrogens is 312 g/mol. The summed E-state index contributed by atoms with van der Waals surface area (Å²) < 4.78 is 4.08. The van der Waals surface area contributed by atoms with E-state index in [1.54, 1.807) is 0 Å². The maximum atomic E-state index is 4.64. The summed E-state index contributed by atoms with van der Waals surface area (Å²) in [5.41, 5.74) is 5.98. The molecule has 6 heteroatoms. The fraction of sp³-hybridized carbons (Fsp3) is 0.474. The van der Waals surface area contributed by atoms with E-state index in [0.717, 1.165) is 24.4 Å². The molecule has 2 aromatic heterocycles. The lowest BCUT2D eigenvalue weighted by molar-refractivity contribution is 0.349. The van der Waals surface area contributed by atoms with Crippen LogP contribution in [-0.2, 0) is 19.4 Å². The Balaban J connectivity index is 1.70. The van der Waals surface area contributed by atoms with Crippen LogP contribution in [0.3, 0.4) is 0 Å². The van der Waals surface area contributed by atoms with E-state index >= 15 is 0 Å². The van der Waals surface area contributed by atoms with Gasteiger partial charge in [-0.3, -0.25) is 0 Å². The van der Waals surface area contributed by atoms with E-state index in [9.17, 15) is 0 Å². The predicted octanol–water partition coefficient (Wildman–Crippen LogP) is 2.89. The quantitative estimate of drug-likeness (QED) is 0.738. The highest BCUT2D eigenvalue weighted by molar-refractivity contribution is 5.46. The standard InChI is InChI=1S/C19H24N6/c1-12-6-5-7-13(2)19(12)25-18(21-22-23-25)10-24-11-20-16-8-14(3)15(4)9-17(16)24/h5-7,11,14-15H,8-10H2,1-4H3. The van der Waals surface area contributed by atoms with Gasteiger partial charge in [0.25, 0.3) is 0 Å². The summed E-state index contributed by atoms with van der Waals surface area (Å²) >= 11 is 0. The van der Waals surface area contributed by atoms with Crippen LogP contribution in [0.2, 0.25) is 0 Å². The molecule has 0 bridgehead atoms. The Morgan fingerprint density at radius 3 is 2.56 bits per heavy atom. The minimum absolute atomic E-state index is 0.643. The fourth-order valence-electron chi connectivity index (χ4n) is 3.77. The topological polar surface area (TPSA) is 61.4 Å². The summed E-state index contributed by atoms with van der Waals surface area (Å²) in [6.45, 7) is 9.47. The lowest BCUT2D eigenvalue weighted by atomic mass is 9.82. The zero-order valence-corrected chi connectivity index (χ0v) is 15.3. The number of rotatable bonds is 3. The SMILES string of the molecule is Cc1cccc(C)c1-n1nnnc1Cn1cnc2c1CC(C)C(C)C2. The van der Waals surface area contributed by atoms with Gasteiger partial charge in [-0.1, -0.05) is 32.0 Å². The largest absolute Gasteiger partial charge is 0.327 e. The van der Waals surface area contributed by atoms with E-state index in [2.05, 4.69) is 71.0 Å². The molecule has 1 aromatic carbocycles. The van der Waals surface area contributed by atoms with Gasteiger partial charge >= 0.3 is 0 Å². The summed E-state index contributed by atoms with van der Waals surface area (Å²) in [5.74, 6) is 2.21. The normalized spacial score (nSPS) is 19.8. The van der Waals surface area contributed by atoms with Crippen molar-refractivity contribution in [3.05, 3.63) is 52.9 Å². The maximum Gasteiger partial charge on any atom is 0.176 e. The van der Waals surface area contributed by atoms with Gasteiger partial charge < -0.3 is 4.57 Å². The van der Waals surface area contributed by atoms with Gasteiger partial charge in [-0.05, 0) is 60.1 Å². The molecule has 0 fully saturated rings. The summed E-state index contributed by atoms with van der Waals surface area (Å²) in [6.07, 6.45) is 4.08. The molecule has 0 aliphatic heterocycles. The number of nitrogens with zero attached hydrogens (tertiary/aromatic N) is 6. The summed E-state index contributed by atoms with van der Waals surface area (Å²) in [5, 5.41) is 12.5. The summed E-state index contributed by atoms with van der Waals surface area (Å²) in [7, 11) is 0. The van der Waals surface area contributed by atoms with Crippen molar-refractivity contribution in [3.8, 4) is 5.69 Å². The monoisotopic (exact) mass is 336 g/mol. The lowest BCUT2D eigenvalue weighted by Crippen LogP contribution is -2.23. The number of tetrazole rings is 1. The van der Waals surface area contributed by atoms with E-state index in [-0.39, 0.29) is 0 Å². The number of benzene rings is 1. The molecule has 1 aliphatic rings. The van der Waals surface area contributed by atoms with Crippen LogP contribution >= 0.6 is 0 Å². The molecule has 4 rings (SSSR count). The van der Waals surface area contributed by atoms with Gasteiger partial charge in [0.15, 0.2) is 5.82 Å². The van der Waals surface area contributed by atoms with Crippen molar-refractivity contribution < 1.29 is 0 Å². The molecule has 2 heterocycles. The van der Waals surface area contributed by atoms with Gasteiger partial charge in [0.05, 0.1) is 24.3 Å². The molecule has 6 nitrogen and oxygen atoms in total. The first-order valence-electron chi connectivity index (χ1n) is 8.91. The molecule has 2 unspecified atom stereocenters. The minimum Gasteiger partial charge on any atom is -0.327 e. The first kappa shape index (κ1) is 16.0. The molecule has 130 valence electrons. The Hall–Kier alpha value is -2.50. The second-order valence-electron chi connectivity index (χ2n) is 7.38. The van der Waals surface area contributed by atoms with E-state index in [1.807, 2.05) is 11.0 Å². The summed E-state index contributed by atoms with van der Waals surface area (Å²) in [4.78, 5) is 4.64. The van der Waals surface area contributed by atoms with Crippen LogP contribution in [0.4, 0.5) is 0 Å². The summed E-state index contributed by atoms with van der Waals surface area (Å²) in [6, 6.07) is 6.25. The average molecular weight is 336 g/mol. The molecule has 1 aliphatic carbocycles. The lowest BCUT2D eigenvalue weighted by Gasteiger charge is -2.26. The van der Waals surface area contributed by atoms with Gasteiger partial charge in [-0.15, -0.1) is 5.10 Å². The number of aryl methyl sites for hydroxylation is 2. The molecule has 0 amide bonds. The third kappa shape index (κ3) is 2.75. The van der Waals surface area contributed by atoms with Crippen molar-refractivity contribution in [2.75, 3.05) is 0 Å². The van der Waals surface area contributed by atoms with Crippen LogP contribution in [0.15, 0.2) is 24.5 Å². The van der Waals surface area contributed by atoms with Crippen molar-refractivity contribution in [2.24, 2.45) is 11.8 Å². The van der Waals surface area contributed by atoms with Crippen molar-refractivity contribution in [1.82, 2.24) is 29.8 Å². The zero-order valence-electron chi connectivity index (χ0n) is 15.3. The van der Waals surface area contributed by atoms with Crippen LogP contribution in [0, 0.1) is 25.7 Å². The first-order valence-corrected chi connectivity index (χ1v) is 8.91. The molecule has 0 saturated heterocycles. The molecular formula is C19H24N6. The van der Waals surface area contributed by atoms with Crippen LogP contribution in [-0.4, -0.2) is 29.8 Å². The van der Waals surface area contributed by atoms with Gasteiger partial charge in [0.1, 0.15) is 0 Å². The number of aromatic nitrogens is 6. The van der Waals surface area contributed by atoms with Crippen molar-refractivity contribution in [2.45, 2.75) is 47.1 Å². The number of fused-ring (bicyclic) bond motifs is 1. The minimum atomic E-state index is 0.643. The Labute approximate surface area is 147 Å². The highest BCUT2D eigenvalue weighted by atomic mass is 15.5. The van der Waals surface area contributed by atoms with E-state index in [4.69, 9.17) is 0 Å². The van der Waals surface area contributed by atoms with Crippen LogP contribution in [0.25, 0.3) is 5.69 Å². The highest BCUT2D eigenvalue weighted by Crippen LogP contribution is 2.29. The van der Waals surface area contributed by atoms with Crippen molar-refractivity contribution in [1.29, 1.82) is 0 Å². The van der Waals surface area contributed by atoms with Crippen LogP contribution in [0.5, 0.6) is 0 Å². The number of hydrogen-bond donors (Lipinski definition) is 0. The van der Waals surface area contributed by atoms with Gasteiger partial charge in [-0.2, -0.15) is 4.68 Å². The molecule has 0 N–H and O–H groups in total. The van der Waals surface area contributed by atoms with Crippen molar-refractivity contribution in [3.63, 3.8) is 0 Å². The zero-order chi connectivity index (χ0) is 17.6. The Morgan fingerprint density at radius 2 is 1.80 bits per heavy atom. The van der Waals surface area contributed by atoms with E-state index in [1.165, 1.54) is 22.5 Å². The Bertz CT molecular complexity index is 886. The number of imidazole rings is 1. The number of hydrogen-bond acceptors (Lipinski definition) is 4.